The average molecular weight is 455 g/mol. The molecular weight excluding hydrogens is 431 g/mol. The van der Waals surface area contributed by atoms with E-state index in [1.807, 2.05) is 31.2 Å². The van der Waals surface area contributed by atoms with E-state index in [1.54, 1.807) is 24.4 Å². The Morgan fingerprint density at radius 1 is 0.912 bits per heavy atom. The molecule has 0 fully saturated rings. The molecule has 0 unspecified atom stereocenters. The predicted octanol–water partition coefficient (Wildman–Crippen LogP) is 5.15. The smallest absolute Gasteiger partial charge is 0.251 e. The summed E-state index contributed by atoms with van der Waals surface area (Å²) in [5.74, 6) is 0.0929. The Hall–Kier alpha value is -4.33. The first-order chi connectivity index (χ1) is 16.5. The van der Waals surface area contributed by atoms with Crippen molar-refractivity contribution in [2.45, 2.75) is 19.8 Å². The number of hydrogen-bond acceptors (Lipinski definition) is 6. The molecule has 2 aliphatic heterocycles. The first-order valence-electron chi connectivity index (χ1n) is 11.1. The van der Waals surface area contributed by atoms with Crippen LogP contribution in [0.1, 0.15) is 27.9 Å². The van der Waals surface area contributed by atoms with Crippen LogP contribution in [-0.2, 0) is 6.42 Å². The van der Waals surface area contributed by atoms with Gasteiger partial charge in [-0.05, 0) is 61.2 Å². The topological polar surface area (TPSA) is 91.8 Å². The van der Waals surface area contributed by atoms with Crippen molar-refractivity contribution >= 4 is 29.0 Å². The van der Waals surface area contributed by atoms with Gasteiger partial charge in [0.1, 0.15) is 5.82 Å². The Labute approximate surface area is 196 Å². The van der Waals surface area contributed by atoms with Crippen LogP contribution >= 0.6 is 0 Å². The van der Waals surface area contributed by atoms with Gasteiger partial charge in [0.15, 0.2) is 0 Å². The summed E-state index contributed by atoms with van der Waals surface area (Å²) in [6, 6.07) is 16.8. The number of fused-ring (bicyclic) bond motifs is 6. The molecule has 0 saturated carbocycles. The van der Waals surface area contributed by atoms with Crippen LogP contribution in [0.4, 0.5) is 27.5 Å². The lowest BCUT2D eigenvalue weighted by Gasteiger charge is -2.13. The summed E-state index contributed by atoms with van der Waals surface area (Å²) in [4.78, 5) is 25.3. The Balaban J connectivity index is 1.55. The summed E-state index contributed by atoms with van der Waals surface area (Å²) in [7, 11) is 0. The van der Waals surface area contributed by atoms with Crippen LogP contribution in [0.5, 0.6) is 0 Å². The Morgan fingerprint density at radius 3 is 2.59 bits per heavy atom. The van der Waals surface area contributed by atoms with Gasteiger partial charge in [-0.1, -0.05) is 24.3 Å². The monoisotopic (exact) mass is 454 g/mol. The quantitative estimate of drug-likeness (QED) is 0.318. The van der Waals surface area contributed by atoms with Crippen molar-refractivity contribution in [2.24, 2.45) is 0 Å². The standard InChI is InChI=1S/C26H23FN6O/c1-16-14-30-26-32-22-13-20(15-29-23(22)27)18-7-9-19(10-8-18)25(34)28-11-3-5-17-4-2-6-21(12-17)31-24(16)33-26/h2,4,6-10,12-15H,3,5,11H2,1H3,(H,28,34)(H2,30,31,32,33). The van der Waals surface area contributed by atoms with Crippen LogP contribution in [0.2, 0.25) is 0 Å². The highest BCUT2D eigenvalue weighted by Gasteiger charge is 2.12. The Morgan fingerprint density at radius 2 is 1.74 bits per heavy atom. The van der Waals surface area contributed by atoms with E-state index in [4.69, 9.17) is 0 Å². The maximum absolute atomic E-state index is 14.5. The molecule has 2 aromatic carbocycles. The number of amides is 1. The van der Waals surface area contributed by atoms with E-state index in [0.29, 0.717) is 23.5 Å². The van der Waals surface area contributed by atoms with Crippen LogP contribution in [0.3, 0.4) is 0 Å². The van der Waals surface area contributed by atoms with Crippen molar-refractivity contribution < 1.29 is 9.18 Å². The van der Waals surface area contributed by atoms with Gasteiger partial charge in [0.2, 0.25) is 11.9 Å². The zero-order valence-corrected chi connectivity index (χ0v) is 18.6. The molecule has 34 heavy (non-hydrogen) atoms. The number of nitrogens with one attached hydrogen (secondary N) is 3. The summed E-state index contributed by atoms with van der Waals surface area (Å²) in [6.07, 6.45) is 4.78. The maximum Gasteiger partial charge on any atom is 0.251 e. The fourth-order valence-corrected chi connectivity index (χ4v) is 3.79. The molecule has 7 nitrogen and oxygen atoms in total. The number of aromatic nitrogens is 3. The minimum Gasteiger partial charge on any atom is -0.352 e. The van der Waals surface area contributed by atoms with Crippen molar-refractivity contribution in [1.29, 1.82) is 0 Å². The van der Waals surface area contributed by atoms with Crippen LogP contribution in [0.15, 0.2) is 67.0 Å². The number of anilines is 4. The van der Waals surface area contributed by atoms with Gasteiger partial charge < -0.3 is 16.0 Å². The van der Waals surface area contributed by atoms with Gasteiger partial charge in [-0.25, -0.2) is 9.97 Å². The number of rotatable bonds is 0. The van der Waals surface area contributed by atoms with Crippen molar-refractivity contribution in [2.75, 3.05) is 17.2 Å². The molecule has 2 aromatic heterocycles. The van der Waals surface area contributed by atoms with E-state index in [0.717, 1.165) is 35.2 Å². The molecule has 8 bridgehead atoms. The number of carbonyl (C=O) groups is 1. The van der Waals surface area contributed by atoms with E-state index in [1.165, 1.54) is 6.20 Å². The van der Waals surface area contributed by atoms with Crippen LogP contribution in [-0.4, -0.2) is 27.4 Å². The Kier molecular flexibility index (Phi) is 5.86. The molecule has 6 rings (SSSR count). The zero-order chi connectivity index (χ0) is 23.5. The number of hydrogen-bond donors (Lipinski definition) is 3. The van der Waals surface area contributed by atoms with Gasteiger partial charge in [-0.15, -0.1) is 0 Å². The molecular formula is C26H23FN6O. The molecule has 0 saturated heterocycles. The lowest BCUT2D eigenvalue weighted by atomic mass is 10.0. The second kappa shape index (κ2) is 9.27. The molecule has 1 amide bonds. The van der Waals surface area contributed by atoms with Crippen LogP contribution < -0.4 is 16.0 Å². The largest absolute Gasteiger partial charge is 0.352 e. The van der Waals surface area contributed by atoms with E-state index in [9.17, 15) is 9.18 Å². The van der Waals surface area contributed by atoms with Gasteiger partial charge in [0.05, 0.1) is 5.69 Å². The summed E-state index contributed by atoms with van der Waals surface area (Å²) in [6.45, 7) is 2.48. The normalized spacial score (nSPS) is 13.4. The second-order valence-electron chi connectivity index (χ2n) is 8.17. The first kappa shape index (κ1) is 21.5. The third-order valence-corrected chi connectivity index (χ3v) is 5.66. The van der Waals surface area contributed by atoms with Gasteiger partial charge in [0.25, 0.3) is 5.91 Å². The molecule has 170 valence electrons. The molecule has 8 heteroatoms. The van der Waals surface area contributed by atoms with Crippen molar-refractivity contribution in [3.05, 3.63) is 89.6 Å². The molecule has 2 aliphatic rings. The molecule has 0 atom stereocenters. The van der Waals surface area contributed by atoms with Gasteiger partial charge in [-0.2, -0.15) is 9.37 Å². The third kappa shape index (κ3) is 4.71. The average Bonchev–Trinajstić information content (AvgIpc) is 2.85. The third-order valence-electron chi connectivity index (χ3n) is 5.66. The van der Waals surface area contributed by atoms with Crippen molar-refractivity contribution in [1.82, 2.24) is 20.3 Å². The fraction of sp³-hybridized carbons (Fsp3) is 0.154. The van der Waals surface area contributed by atoms with Gasteiger partial charge in [-0.3, -0.25) is 4.79 Å². The molecule has 4 heterocycles. The van der Waals surface area contributed by atoms with E-state index in [2.05, 4.69) is 43.0 Å². The predicted molar refractivity (Wildman–Crippen MR) is 130 cm³/mol. The number of pyridine rings is 1. The lowest BCUT2D eigenvalue weighted by Crippen LogP contribution is -2.24. The minimum absolute atomic E-state index is 0.123. The van der Waals surface area contributed by atoms with Gasteiger partial charge in [0, 0.05) is 41.3 Å². The minimum atomic E-state index is -0.659. The number of carbonyl (C=O) groups excluding carboxylic acids is 1. The van der Waals surface area contributed by atoms with Crippen LogP contribution in [0.25, 0.3) is 11.1 Å². The molecule has 4 aromatic rings. The summed E-state index contributed by atoms with van der Waals surface area (Å²) in [5.41, 5.74) is 5.13. The summed E-state index contributed by atoms with van der Waals surface area (Å²) >= 11 is 0. The highest BCUT2D eigenvalue weighted by molar-refractivity contribution is 5.94. The lowest BCUT2D eigenvalue weighted by molar-refractivity contribution is 0.0953. The van der Waals surface area contributed by atoms with Gasteiger partial charge >= 0.3 is 0 Å². The van der Waals surface area contributed by atoms with Crippen LogP contribution in [0, 0.1) is 12.9 Å². The van der Waals surface area contributed by atoms with Crippen molar-refractivity contribution in [3.63, 3.8) is 0 Å². The molecule has 0 spiro atoms. The number of nitrogens with zero attached hydrogens (tertiary/aromatic N) is 3. The summed E-state index contributed by atoms with van der Waals surface area (Å²) in [5, 5.41) is 9.24. The van der Waals surface area contributed by atoms with E-state index >= 15 is 0 Å². The number of halogens is 1. The molecule has 0 radical (unpaired) electrons. The summed E-state index contributed by atoms with van der Waals surface area (Å²) < 4.78 is 14.5. The number of benzene rings is 2. The first-order valence-corrected chi connectivity index (χ1v) is 11.1. The molecule has 0 aliphatic carbocycles. The Bertz CT molecular complexity index is 1360. The number of aryl methyl sites for hydroxylation is 2. The second-order valence-corrected chi connectivity index (χ2v) is 8.17. The van der Waals surface area contributed by atoms with Crippen molar-refractivity contribution in [3.8, 4) is 11.1 Å². The SMILES string of the molecule is Cc1cnc2nc1Nc1cccc(c1)CCCNC(=O)c1ccc(cc1)-c1cnc(F)c(c1)N2. The van der Waals surface area contributed by atoms with E-state index in [-0.39, 0.29) is 17.5 Å². The highest BCUT2D eigenvalue weighted by atomic mass is 19.1. The highest BCUT2D eigenvalue weighted by Crippen LogP contribution is 2.27. The maximum atomic E-state index is 14.5. The zero-order valence-electron chi connectivity index (χ0n) is 18.6. The van der Waals surface area contributed by atoms with E-state index < -0.39 is 5.95 Å². The fourth-order valence-electron chi connectivity index (χ4n) is 3.79. The molecule has 3 N–H and O–H groups in total.